The van der Waals surface area contributed by atoms with E-state index in [0.29, 0.717) is 6.42 Å². The zero-order valence-electron chi connectivity index (χ0n) is 13.0. The summed E-state index contributed by atoms with van der Waals surface area (Å²) in [4.78, 5) is 14.9. The van der Waals surface area contributed by atoms with E-state index in [-0.39, 0.29) is 11.0 Å². The zero-order valence-corrected chi connectivity index (χ0v) is 13.8. The highest BCUT2D eigenvalue weighted by Crippen LogP contribution is 2.11. The predicted molar refractivity (Wildman–Crippen MR) is 91.4 cm³/mol. The first-order valence-corrected chi connectivity index (χ1v) is 8.42. The summed E-state index contributed by atoms with van der Waals surface area (Å²) in [7, 11) is 0. The number of aliphatic imine (C=N–C) groups is 1. The van der Waals surface area contributed by atoms with Crippen molar-refractivity contribution in [3.63, 3.8) is 0 Å². The van der Waals surface area contributed by atoms with E-state index in [1.54, 1.807) is 0 Å². The molecule has 0 aromatic carbocycles. The molecule has 3 nitrogen and oxygen atoms in total. The molecule has 1 amide bonds. The average Bonchev–Trinajstić information content (AvgIpc) is 2.44. The van der Waals surface area contributed by atoms with Gasteiger partial charge in [0.15, 0.2) is 5.11 Å². The van der Waals surface area contributed by atoms with Gasteiger partial charge >= 0.3 is 0 Å². The molecule has 0 aliphatic carbocycles. The van der Waals surface area contributed by atoms with E-state index in [1.807, 2.05) is 0 Å². The number of amides is 1. The average molecular weight is 298 g/mol. The third kappa shape index (κ3) is 13.7. The lowest BCUT2D eigenvalue weighted by atomic mass is 10.1. The number of hydrogen-bond donors (Lipinski definition) is 1. The minimum Gasteiger partial charge on any atom is -0.301 e. The van der Waals surface area contributed by atoms with Crippen LogP contribution >= 0.6 is 12.2 Å². The molecule has 116 valence electrons. The number of rotatable bonds is 12. The summed E-state index contributed by atoms with van der Waals surface area (Å²) in [5.74, 6) is -0.0432. The van der Waals surface area contributed by atoms with Gasteiger partial charge in [0.2, 0.25) is 5.91 Å². The Bertz CT molecular complexity index is 280. The van der Waals surface area contributed by atoms with Crippen LogP contribution in [0.1, 0.15) is 84.0 Å². The van der Waals surface area contributed by atoms with Crippen molar-refractivity contribution in [2.75, 3.05) is 0 Å². The molecule has 20 heavy (non-hydrogen) atoms. The summed E-state index contributed by atoms with van der Waals surface area (Å²) in [6.07, 6.45) is 14.7. The lowest BCUT2D eigenvalue weighted by molar-refractivity contribution is -0.119. The van der Waals surface area contributed by atoms with E-state index in [4.69, 9.17) is 12.2 Å². The van der Waals surface area contributed by atoms with Crippen LogP contribution in [0.15, 0.2) is 4.99 Å². The largest absolute Gasteiger partial charge is 0.301 e. The molecule has 0 aliphatic rings. The number of nitrogens with one attached hydrogen (secondary N) is 1. The number of carbonyl (C=O) groups is 1. The van der Waals surface area contributed by atoms with Crippen LogP contribution in [0.3, 0.4) is 0 Å². The maximum absolute atomic E-state index is 11.4. The van der Waals surface area contributed by atoms with Crippen molar-refractivity contribution >= 4 is 30.0 Å². The van der Waals surface area contributed by atoms with Crippen LogP contribution in [0.2, 0.25) is 0 Å². The van der Waals surface area contributed by atoms with E-state index in [0.717, 1.165) is 12.8 Å². The van der Waals surface area contributed by atoms with Gasteiger partial charge in [0, 0.05) is 6.42 Å². The number of hydrogen-bond acceptors (Lipinski definition) is 2. The maximum Gasteiger partial charge on any atom is 0.226 e. The Morgan fingerprint density at radius 3 is 1.85 bits per heavy atom. The van der Waals surface area contributed by atoms with E-state index in [9.17, 15) is 4.79 Å². The van der Waals surface area contributed by atoms with Gasteiger partial charge in [0.25, 0.3) is 0 Å². The highest BCUT2D eigenvalue weighted by atomic mass is 32.1. The first-order chi connectivity index (χ1) is 9.70. The van der Waals surface area contributed by atoms with Gasteiger partial charge in [-0.1, -0.05) is 71.1 Å². The second-order valence-electron chi connectivity index (χ2n) is 5.30. The van der Waals surface area contributed by atoms with Gasteiger partial charge in [0.05, 0.1) is 0 Å². The molecule has 1 N–H and O–H groups in total. The number of thiocarbonyl (C=S) groups is 1. The van der Waals surface area contributed by atoms with Crippen molar-refractivity contribution < 1.29 is 4.79 Å². The van der Waals surface area contributed by atoms with Crippen LogP contribution in [0, 0.1) is 0 Å². The zero-order chi connectivity index (χ0) is 15.1. The van der Waals surface area contributed by atoms with E-state index in [1.165, 1.54) is 57.8 Å². The molecule has 0 fully saturated rings. The Balaban J connectivity index is 3.18. The fourth-order valence-corrected chi connectivity index (χ4v) is 2.28. The van der Waals surface area contributed by atoms with E-state index in [2.05, 4.69) is 24.0 Å². The third-order valence-corrected chi connectivity index (χ3v) is 3.63. The molecule has 0 aromatic heterocycles. The first-order valence-electron chi connectivity index (χ1n) is 8.01. The topological polar surface area (TPSA) is 41.5 Å². The molecule has 0 radical (unpaired) electrons. The Labute approximate surface area is 129 Å². The second-order valence-corrected chi connectivity index (χ2v) is 5.68. The predicted octanol–water partition coefficient (Wildman–Crippen LogP) is 4.79. The molecule has 0 bridgehead atoms. The Morgan fingerprint density at radius 1 is 0.950 bits per heavy atom. The highest BCUT2D eigenvalue weighted by molar-refractivity contribution is 7.80. The minimum atomic E-state index is -0.0432. The van der Waals surface area contributed by atoms with Gasteiger partial charge < -0.3 is 5.32 Å². The van der Waals surface area contributed by atoms with E-state index >= 15 is 0 Å². The smallest absolute Gasteiger partial charge is 0.226 e. The van der Waals surface area contributed by atoms with Crippen LogP contribution in [0.25, 0.3) is 0 Å². The van der Waals surface area contributed by atoms with Crippen molar-refractivity contribution in [3.05, 3.63) is 0 Å². The molecule has 0 atom stereocenters. The fraction of sp³-hybridized carbons (Fsp3) is 0.812. The molecule has 4 heteroatoms. The van der Waals surface area contributed by atoms with Crippen LogP contribution in [0.5, 0.6) is 0 Å². The molecule has 0 spiro atoms. The van der Waals surface area contributed by atoms with Gasteiger partial charge in [-0.2, -0.15) is 0 Å². The summed E-state index contributed by atoms with van der Waals surface area (Å²) < 4.78 is 0. The Kier molecular flexibility index (Phi) is 14.1. The molecule has 0 unspecified atom stereocenters. The Morgan fingerprint density at radius 2 is 1.40 bits per heavy atom. The summed E-state index contributed by atoms with van der Waals surface area (Å²) in [6.45, 7) is 5.52. The molecule has 0 saturated carbocycles. The second kappa shape index (κ2) is 14.6. The molecular weight excluding hydrogens is 268 g/mol. The maximum atomic E-state index is 11.4. The third-order valence-electron chi connectivity index (χ3n) is 3.40. The van der Waals surface area contributed by atoms with Gasteiger partial charge in [-0.25, -0.2) is 4.99 Å². The van der Waals surface area contributed by atoms with Crippen molar-refractivity contribution in [1.29, 1.82) is 0 Å². The van der Waals surface area contributed by atoms with Crippen LogP contribution in [-0.4, -0.2) is 17.7 Å². The fourth-order valence-electron chi connectivity index (χ4n) is 2.17. The van der Waals surface area contributed by atoms with Gasteiger partial charge in [-0.05, 0) is 25.4 Å². The van der Waals surface area contributed by atoms with Crippen LogP contribution in [-0.2, 0) is 4.79 Å². The molecule has 0 aliphatic heterocycles. The van der Waals surface area contributed by atoms with E-state index < -0.39 is 0 Å². The minimum absolute atomic E-state index is 0.0432. The quantitative estimate of drug-likeness (QED) is 0.320. The highest BCUT2D eigenvalue weighted by Gasteiger charge is 2.02. The lowest BCUT2D eigenvalue weighted by Gasteiger charge is -2.03. The lowest BCUT2D eigenvalue weighted by Crippen LogP contribution is -2.26. The van der Waals surface area contributed by atoms with Gasteiger partial charge in [-0.15, -0.1) is 0 Å². The molecular formula is C16H30N2OS. The SMILES string of the molecule is C=NC(=S)NC(=O)CCCCCCCCCCCCC. The molecule has 0 heterocycles. The molecule has 0 aromatic rings. The standard InChI is InChI=1S/C16H30N2OS/c1-3-4-5-6-7-8-9-10-11-12-13-14-15(19)18-16(20)17-2/h2-14H2,1H3,(H,18,19,20). The molecule has 0 saturated heterocycles. The van der Waals surface area contributed by atoms with Crippen molar-refractivity contribution in [3.8, 4) is 0 Å². The summed E-state index contributed by atoms with van der Waals surface area (Å²) >= 11 is 4.76. The van der Waals surface area contributed by atoms with Gasteiger partial charge in [-0.3, -0.25) is 4.79 Å². The molecule has 0 rings (SSSR count). The number of carbonyl (C=O) groups excluding carboxylic acids is 1. The number of nitrogens with zero attached hydrogens (tertiary/aromatic N) is 1. The van der Waals surface area contributed by atoms with Gasteiger partial charge in [0.1, 0.15) is 0 Å². The van der Waals surface area contributed by atoms with Crippen molar-refractivity contribution in [2.45, 2.75) is 84.0 Å². The Hall–Kier alpha value is -0.770. The van der Waals surface area contributed by atoms with Crippen LogP contribution in [0.4, 0.5) is 0 Å². The van der Waals surface area contributed by atoms with Crippen molar-refractivity contribution in [1.82, 2.24) is 5.32 Å². The van der Waals surface area contributed by atoms with Crippen molar-refractivity contribution in [2.24, 2.45) is 4.99 Å². The normalized spacial score (nSPS) is 10.2. The summed E-state index contributed by atoms with van der Waals surface area (Å²) in [5.41, 5.74) is 0. The summed E-state index contributed by atoms with van der Waals surface area (Å²) in [6, 6.07) is 0. The number of unbranched alkanes of at least 4 members (excludes halogenated alkanes) is 10. The first kappa shape index (κ1) is 19.2. The summed E-state index contributed by atoms with van der Waals surface area (Å²) in [5, 5.41) is 2.71. The van der Waals surface area contributed by atoms with Crippen LogP contribution < -0.4 is 5.32 Å². The monoisotopic (exact) mass is 298 g/mol.